The zero-order valence-corrected chi connectivity index (χ0v) is 10.9. The molecule has 98 valence electrons. The third kappa shape index (κ3) is 3.49. The van der Waals surface area contributed by atoms with Gasteiger partial charge in [-0.05, 0) is 30.5 Å². The SMILES string of the molecule is CCCC(=O)CCc1ccc2c(c1)OCCCO2. The maximum absolute atomic E-state index is 11.5. The molecule has 0 bridgehead atoms. The van der Waals surface area contributed by atoms with Gasteiger partial charge in [0.2, 0.25) is 0 Å². The lowest BCUT2D eigenvalue weighted by atomic mass is 10.0. The molecule has 2 rings (SSSR count). The average molecular weight is 248 g/mol. The first-order valence-corrected chi connectivity index (χ1v) is 6.70. The molecule has 0 unspecified atom stereocenters. The normalized spacial score (nSPS) is 14.1. The smallest absolute Gasteiger partial charge is 0.161 e. The Morgan fingerprint density at radius 2 is 1.94 bits per heavy atom. The molecule has 1 aromatic carbocycles. The van der Waals surface area contributed by atoms with Crippen LogP contribution in [0, 0.1) is 0 Å². The fourth-order valence-corrected chi connectivity index (χ4v) is 2.05. The first kappa shape index (κ1) is 12.9. The summed E-state index contributed by atoms with van der Waals surface area (Å²) >= 11 is 0. The zero-order chi connectivity index (χ0) is 12.8. The summed E-state index contributed by atoms with van der Waals surface area (Å²) < 4.78 is 11.2. The van der Waals surface area contributed by atoms with Gasteiger partial charge in [0.05, 0.1) is 13.2 Å². The van der Waals surface area contributed by atoms with Crippen molar-refractivity contribution in [2.24, 2.45) is 0 Å². The zero-order valence-electron chi connectivity index (χ0n) is 10.9. The average Bonchev–Trinajstić information content (AvgIpc) is 2.61. The van der Waals surface area contributed by atoms with Crippen molar-refractivity contribution in [1.29, 1.82) is 0 Å². The van der Waals surface area contributed by atoms with Gasteiger partial charge in [0.15, 0.2) is 11.5 Å². The van der Waals surface area contributed by atoms with Crippen LogP contribution >= 0.6 is 0 Å². The number of carbonyl (C=O) groups excluding carboxylic acids is 1. The van der Waals surface area contributed by atoms with E-state index in [2.05, 4.69) is 0 Å². The Hall–Kier alpha value is -1.51. The Kier molecular flexibility index (Phi) is 4.62. The molecule has 0 radical (unpaired) electrons. The summed E-state index contributed by atoms with van der Waals surface area (Å²) in [5.41, 5.74) is 1.14. The lowest BCUT2D eigenvalue weighted by Gasteiger charge is -2.09. The van der Waals surface area contributed by atoms with Crippen LogP contribution in [0.4, 0.5) is 0 Å². The van der Waals surface area contributed by atoms with Crippen LogP contribution < -0.4 is 9.47 Å². The molecule has 1 aliphatic heterocycles. The minimum absolute atomic E-state index is 0.338. The van der Waals surface area contributed by atoms with Crippen LogP contribution in [0.3, 0.4) is 0 Å². The van der Waals surface area contributed by atoms with Gasteiger partial charge in [0, 0.05) is 19.3 Å². The molecule has 0 aliphatic carbocycles. The maximum Gasteiger partial charge on any atom is 0.161 e. The van der Waals surface area contributed by atoms with Crippen LogP contribution in [0.2, 0.25) is 0 Å². The van der Waals surface area contributed by atoms with Crippen molar-refractivity contribution in [3.05, 3.63) is 23.8 Å². The molecule has 18 heavy (non-hydrogen) atoms. The van der Waals surface area contributed by atoms with E-state index in [4.69, 9.17) is 9.47 Å². The summed E-state index contributed by atoms with van der Waals surface area (Å²) in [6, 6.07) is 5.97. The number of rotatable bonds is 5. The van der Waals surface area contributed by atoms with Crippen molar-refractivity contribution in [3.8, 4) is 11.5 Å². The summed E-state index contributed by atoms with van der Waals surface area (Å²) in [5.74, 6) is 1.97. The molecule has 0 spiro atoms. The fraction of sp³-hybridized carbons (Fsp3) is 0.533. The van der Waals surface area contributed by atoms with E-state index in [1.807, 2.05) is 25.1 Å². The lowest BCUT2D eigenvalue weighted by Crippen LogP contribution is -2.00. The van der Waals surface area contributed by atoms with E-state index in [1.165, 1.54) is 0 Å². The van der Waals surface area contributed by atoms with Crippen molar-refractivity contribution >= 4 is 5.78 Å². The van der Waals surface area contributed by atoms with E-state index in [0.717, 1.165) is 36.3 Å². The van der Waals surface area contributed by atoms with Gasteiger partial charge in [-0.25, -0.2) is 0 Å². The van der Waals surface area contributed by atoms with Crippen molar-refractivity contribution < 1.29 is 14.3 Å². The number of ether oxygens (including phenoxy) is 2. The number of aryl methyl sites for hydroxylation is 1. The molecule has 1 heterocycles. The molecule has 1 aromatic rings. The molecule has 3 heteroatoms. The van der Waals surface area contributed by atoms with E-state index in [9.17, 15) is 4.79 Å². The molecule has 0 N–H and O–H groups in total. The van der Waals surface area contributed by atoms with Crippen LogP contribution in [0.15, 0.2) is 18.2 Å². The first-order valence-electron chi connectivity index (χ1n) is 6.70. The number of benzene rings is 1. The Morgan fingerprint density at radius 3 is 2.72 bits per heavy atom. The molecule has 0 atom stereocenters. The first-order chi connectivity index (χ1) is 8.79. The topological polar surface area (TPSA) is 35.5 Å². The highest BCUT2D eigenvalue weighted by Gasteiger charge is 2.11. The molecule has 0 fully saturated rings. The third-order valence-electron chi connectivity index (χ3n) is 3.03. The number of hydrogen-bond donors (Lipinski definition) is 0. The second-order valence-electron chi connectivity index (χ2n) is 4.62. The predicted octanol–water partition coefficient (Wildman–Crippen LogP) is 3.15. The highest BCUT2D eigenvalue weighted by molar-refractivity contribution is 5.78. The molecule has 0 aromatic heterocycles. The van der Waals surface area contributed by atoms with Gasteiger partial charge in [-0.2, -0.15) is 0 Å². The number of ketones is 1. The van der Waals surface area contributed by atoms with Gasteiger partial charge >= 0.3 is 0 Å². The molecule has 1 aliphatic rings. The minimum atomic E-state index is 0.338. The highest BCUT2D eigenvalue weighted by Crippen LogP contribution is 2.30. The summed E-state index contributed by atoms with van der Waals surface area (Å²) in [5, 5.41) is 0. The largest absolute Gasteiger partial charge is 0.490 e. The lowest BCUT2D eigenvalue weighted by molar-refractivity contribution is -0.119. The summed E-state index contributed by atoms with van der Waals surface area (Å²) in [6.45, 7) is 3.44. The Morgan fingerprint density at radius 1 is 1.17 bits per heavy atom. The Labute approximate surface area is 108 Å². The molecular weight excluding hydrogens is 228 g/mol. The van der Waals surface area contributed by atoms with Crippen molar-refractivity contribution in [1.82, 2.24) is 0 Å². The number of hydrogen-bond acceptors (Lipinski definition) is 3. The van der Waals surface area contributed by atoms with Crippen LogP contribution in [-0.4, -0.2) is 19.0 Å². The summed E-state index contributed by atoms with van der Waals surface area (Å²) in [4.78, 5) is 11.5. The van der Waals surface area contributed by atoms with Gasteiger partial charge < -0.3 is 9.47 Å². The van der Waals surface area contributed by atoms with Crippen LogP contribution in [-0.2, 0) is 11.2 Å². The molecule has 0 saturated heterocycles. The van der Waals surface area contributed by atoms with E-state index in [-0.39, 0.29) is 0 Å². The maximum atomic E-state index is 11.5. The molecular formula is C15H20O3. The van der Waals surface area contributed by atoms with E-state index >= 15 is 0 Å². The summed E-state index contributed by atoms with van der Waals surface area (Å²) in [6.07, 6.45) is 3.94. The van der Waals surface area contributed by atoms with Gasteiger partial charge in [0.1, 0.15) is 5.78 Å². The molecule has 3 nitrogen and oxygen atoms in total. The van der Waals surface area contributed by atoms with Crippen LogP contribution in [0.5, 0.6) is 11.5 Å². The van der Waals surface area contributed by atoms with Crippen LogP contribution in [0.1, 0.15) is 38.2 Å². The Balaban J connectivity index is 1.97. The monoisotopic (exact) mass is 248 g/mol. The predicted molar refractivity (Wildman–Crippen MR) is 70.3 cm³/mol. The Bertz CT molecular complexity index is 412. The van der Waals surface area contributed by atoms with Gasteiger partial charge in [0.25, 0.3) is 0 Å². The van der Waals surface area contributed by atoms with Crippen molar-refractivity contribution in [3.63, 3.8) is 0 Å². The van der Waals surface area contributed by atoms with E-state index < -0.39 is 0 Å². The fourth-order valence-electron chi connectivity index (χ4n) is 2.05. The highest BCUT2D eigenvalue weighted by atomic mass is 16.5. The molecule has 0 amide bonds. The van der Waals surface area contributed by atoms with Gasteiger partial charge in [-0.3, -0.25) is 4.79 Å². The molecule has 0 saturated carbocycles. The number of carbonyl (C=O) groups is 1. The second kappa shape index (κ2) is 6.43. The van der Waals surface area contributed by atoms with Crippen molar-refractivity contribution in [2.75, 3.05) is 13.2 Å². The van der Waals surface area contributed by atoms with Crippen molar-refractivity contribution in [2.45, 2.75) is 39.0 Å². The van der Waals surface area contributed by atoms with Gasteiger partial charge in [-0.1, -0.05) is 13.0 Å². The number of Topliss-reactive ketones (excluding diaryl/α,β-unsaturated/α-hetero) is 1. The quantitative estimate of drug-likeness (QED) is 0.803. The number of fused-ring (bicyclic) bond motifs is 1. The van der Waals surface area contributed by atoms with E-state index in [0.29, 0.717) is 31.8 Å². The summed E-state index contributed by atoms with van der Waals surface area (Å²) in [7, 11) is 0. The van der Waals surface area contributed by atoms with E-state index in [1.54, 1.807) is 0 Å². The second-order valence-corrected chi connectivity index (χ2v) is 4.62. The standard InChI is InChI=1S/C15H20O3/c1-2-4-13(16)7-5-12-6-8-14-15(11-12)18-10-3-9-17-14/h6,8,11H,2-5,7,9-10H2,1H3. The third-order valence-corrected chi connectivity index (χ3v) is 3.03. The van der Waals surface area contributed by atoms with Gasteiger partial charge in [-0.15, -0.1) is 0 Å². The van der Waals surface area contributed by atoms with Crippen LogP contribution in [0.25, 0.3) is 0 Å². The minimum Gasteiger partial charge on any atom is -0.490 e.